The van der Waals surface area contributed by atoms with Crippen molar-refractivity contribution in [3.8, 4) is 11.3 Å². The Morgan fingerprint density at radius 1 is 1.21 bits per heavy atom. The van der Waals surface area contributed by atoms with Gasteiger partial charge >= 0.3 is 0 Å². The normalized spacial score (nSPS) is 16.9. The summed E-state index contributed by atoms with van der Waals surface area (Å²) in [5.74, 6) is 0.147. The Hall–Kier alpha value is -2.03. The molecule has 0 amide bonds. The second-order valence-corrected chi connectivity index (χ2v) is 8.03. The molecule has 3 heterocycles. The molecule has 4 rings (SSSR count). The van der Waals surface area contributed by atoms with Crippen molar-refractivity contribution in [2.24, 2.45) is 5.73 Å². The van der Waals surface area contributed by atoms with E-state index < -0.39 is 6.43 Å². The molecular weight excluding hydrogens is 409 g/mol. The van der Waals surface area contributed by atoms with Crippen molar-refractivity contribution < 1.29 is 8.78 Å². The number of benzene rings is 1. The Kier molecular flexibility index (Phi) is 4.89. The minimum atomic E-state index is -2.78. The predicted octanol–water partition coefficient (Wildman–Crippen LogP) is 4.58. The number of rotatable bonds is 3. The zero-order valence-corrected chi connectivity index (χ0v) is 16.5. The van der Waals surface area contributed by atoms with Crippen molar-refractivity contribution in [2.75, 3.05) is 18.0 Å². The van der Waals surface area contributed by atoms with E-state index in [-0.39, 0.29) is 33.2 Å². The topological polar surface area (TPSA) is 83.7 Å². The summed E-state index contributed by atoms with van der Waals surface area (Å²) in [6.07, 6.45) is -1.42. The third kappa shape index (κ3) is 3.40. The number of H-pyrrole nitrogens is 1. The first-order valence-corrected chi connectivity index (χ1v) is 9.55. The van der Waals surface area contributed by atoms with E-state index in [2.05, 4.69) is 20.2 Å². The first kappa shape index (κ1) is 19.3. The molecule has 0 atom stereocenters. The molecule has 0 spiro atoms. The molecule has 0 bridgehead atoms. The van der Waals surface area contributed by atoms with Gasteiger partial charge in [-0.15, -0.1) is 0 Å². The number of piperidine rings is 1. The Morgan fingerprint density at radius 3 is 2.61 bits per heavy atom. The van der Waals surface area contributed by atoms with Crippen LogP contribution in [-0.2, 0) is 0 Å². The summed E-state index contributed by atoms with van der Waals surface area (Å²) in [4.78, 5) is 10.4. The molecule has 0 radical (unpaired) electrons. The van der Waals surface area contributed by atoms with Crippen LogP contribution in [0, 0.1) is 0 Å². The van der Waals surface area contributed by atoms with Gasteiger partial charge in [0.2, 0.25) is 5.65 Å². The average molecular weight is 427 g/mol. The number of halogens is 4. The number of nitrogens with zero attached hydrogens (tertiary/aromatic N) is 4. The monoisotopic (exact) mass is 426 g/mol. The van der Waals surface area contributed by atoms with Gasteiger partial charge in [0, 0.05) is 24.2 Å². The standard InChI is InChI=1S/C18H18Cl2F2N6/c1-18(23)5-7-28(8-6-18)17-14(15(21)22)24-13-12(26-27-16(13)25-17)9-3-2-4-10(19)11(9)20/h2-4,15H,5-8,23H2,1H3,(H,25,26,27). The fourth-order valence-corrected chi connectivity index (χ4v) is 3.73. The van der Waals surface area contributed by atoms with Crippen LogP contribution in [0.25, 0.3) is 22.4 Å². The van der Waals surface area contributed by atoms with Gasteiger partial charge in [0.05, 0.1) is 15.7 Å². The largest absolute Gasteiger partial charge is 0.355 e. The maximum absolute atomic E-state index is 13.8. The first-order chi connectivity index (χ1) is 13.3. The molecule has 3 aromatic rings. The van der Waals surface area contributed by atoms with Gasteiger partial charge in [-0.05, 0) is 25.8 Å². The minimum absolute atomic E-state index is 0.147. The number of nitrogens with two attached hydrogens (primary N) is 1. The van der Waals surface area contributed by atoms with Gasteiger partial charge in [-0.25, -0.2) is 18.7 Å². The van der Waals surface area contributed by atoms with Crippen molar-refractivity contribution in [1.82, 2.24) is 20.2 Å². The maximum atomic E-state index is 13.8. The summed E-state index contributed by atoms with van der Waals surface area (Å²) in [5, 5.41) is 7.60. The van der Waals surface area contributed by atoms with Gasteiger partial charge in [0.25, 0.3) is 6.43 Å². The number of fused-ring (bicyclic) bond motifs is 1. The molecule has 1 saturated heterocycles. The number of nitrogens with one attached hydrogen (secondary N) is 1. The van der Waals surface area contributed by atoms with Crippen LogP contribution in [0.15, 0.2) is 18.2 Å². The number of anilines is 1. The highest BCUT2D eigenvalue weighted by Crippen LogP contribution is 2.37. The highest BCUT2D eigenvalue weighted by molar-refractivity contribution is 6.43. The van der Waals surface area contributed by atoms with Crippen LogP contribution in [-0.4, -0.2) is 38.8 Å². The van der Waals surface area contributed by atoms with Crippen molar-refractivity contribution in [2.45, 2.75) is 31.7 Å². The van der Waals surface area contributed by atoms with Crippen LogP contribution >= 0.6 is 23.2 Å². The molecule has 1 aliphatic heterocycles. The number of aromatic amines is 1. The number of hydrogen-bond acceptors (Lipinski definition) is 5. The molecule has 3 N–H and O–H groups in total. The van der Waals surface area contributed by atoms with Gasteiger partial charge in [0.1, 0.15) is 11.2 Å². The molecule has 0 unspecified atom stereocenters. The van der Waals surface area contributed by atoms with Crippen LogP contribution in [0.4, 0.5) is 14.6 Å². The Labute approximate surface area is 170 Å². The summed E-state index contributed by atoms with van der Waals surface area (Å²) in [6, 6.07) is 5.07. The third-order valence-electron chi connectivity index (χ3n) is 5.03. The second-order valence-electron chi connectivity index (χ2n) is 7.25. The molecule has 28 heavy (non-hydrogen) atoms. The molecule has 1 aromatic carbocycles. The van der Waals surface area contributed by atoms with E-state index in [1.54, 1.807) is 23.1 Å². The second kappa shape index (κ2) is 7.09. The average Bonchev–Trinajstić information content (AvgIpc) is 3.06. The summed E-state index contributed by atoms with van der Waals surface area (Å²) < 4.78 is 27.6. The Bertz CT molecular complexity index is 1030. The van der Waals surface area contributed by atoms with Crippen LogP contribution in [0.3, 0.4) is 0 Å². The predicted molar refractivity (Wildman–Crippen MR) is 106 cm³/mol. The van der Waals surface area contributed by atoms with Gasteiger partial charge in [-0.3, -0.25) is 5.10 Å². The fourth-order valence-electron chi connectivity index (χ4n) is 3.33. The molecule has 10 heteroatoms. The number of hydrogen-bond donors (Lipinski definition) is 2. The first-order valence-electron chi connectivity index (χ1n) is 8.79. The van der Waals surface area contributed by atoms with Crippen molar-refractivity contribution in [3.63, 3.8) is 0 Å². The van der Waals surface area contributed by atoms with E-state index in [4.69, 9.17) is 28.9 Å². The van der Waals surface area contributed by atoms with E-state index in [1.165, 1.54) is 0 Å². The summed E-state index contributed by atoms with van der Waals surface area (Å²) in [5.41, 5.74) is 6.86. The summed E-state index contributed by atoms with van der Waals surface area (Å²) >= 11 is 12.3. The van der Waals surface area contributed by atoms with Crippen LogP contribution in [0.2, 0.25) is 10.0 Å². The molecule has 148 valence electrons. The summed E-state index contributed by atoms with van der Waals surface area (Å²) in [6.45, 7) is 3.02. The number of alkyl halides is 2. The van der Waals surface area contributed by atoms with Crippen molar-refractivity contribution in [3.05, 3.63) is 33.9 Å². The summed E-state index contributed by atoms with van der Waals surface area (Å²) in [7, 11) is 0. The minimum Gasteiger partial charge on any atom is -0.355 e. The molecule has 6 nitrogen and oxygen atoms in total. The SMILES string of the molecule is CC1(N)CCN(c2nc3n[nH]c(-c4cccc(Cl)c4Cl)c3nc2C(F)F)CC1. The van der Waals surface area contributed by atoms with Gasteiger partial charge in [0.15, 0.2) is 5.82 Å². The highest BCUT2D eigenvalue weighted by atomic mass is 35.5. The fraction of sp³-hybridized carbons (Fsp3) is 0.389. The molecule has 0 aliphatic carbocycles. The van der Waals surface area contributed by atoms with Crippen molar-refractivity contribution in [1.29, 1.82) is 0 Å². The lowest BCUT2D eigenvalue weighted by atomic mass is 9.91. The van der Waals surface area contributed by atoms with Crippen LogP contribution in [0.1, 0.15) is 31.9 Å². The molecule has 0 saturated carbocycles. The van der Waals surface area contributed by atoms with E-state index in [9.17, 15) is 8.78 Å². The molecule has 1 aliphatic rings. The van der Waals surface area contributed by atoms with E-state index >= 15 is 0 Å². The maximum Gasteiger partial charge on any atom is 0.284 e. The van der Waals surface area contributed by atoms with Crippen LogP contribution < -0.4 is 10.6 Å². The lowest BCUT2D eigenvalue weighted by molar-refractivity contribution is 0.146. The molecule has 1 fully saturated rings. The number of aromatic nitrogens is 4. The van der Waals surface area contributed by atoms with Crippen LogP contribution in [0.5, 0.6) is 0 Å². The lowest BCUT2D eigenvalue weighted by Gasteiger charge is -2.37. The quantitative estimate of drug-likeness (QED) is 0.639. The van der Waals surface area contributed by atoms with Gasteiger partial charge in [-0.1, -0.05) is 35.3 Å². The zero-order valence-electron chi connectivity index (χ0n) is 15.0. The van der Waals surface area contributed by atoms with Crippen molar-refractivity contribution >= 4 is 40.2 Å². The van der Waals surface area contributed by atoms with Gasteiger partial charge < -0.3 is 10.6 Å². The van der Waals surface area contributed by atoms with E-state index in [1.807, 2.05) is 6.92 Å². The molecule has 2 aromatic heterocycles. The Morgan fingerprint density at radius 2 is 1.93 bits per heavy atom. The third-order valence-corrected chi connectivity index (χ3v) is 5.85. The highest BCUT2D eigenvalue weighted by Gasteiger charge is 2.31. The molecular formula is C18H18Cl2F2N6. The lowest BCUT2D eigenvalue weighted by Crippen LogP contribution is -2.48. The van der Waals surface area contributed by atoms with Gasteiger partial charge in [-0.2, -0.15) is 5.10 Å². The van der Waals surface area contributed by atoms with E-state index in [0.29, 0.717) is 42.2 Å². The smallest absolute Gasteiger partial charge is 0.284 e. The zero-order chi connectivity index (χ0) is 20.1. The Balaban J connectivity index is 1.82. The van der Waals surface area contributed by atoms with E-state index in [0.717, 1.165) is 0 Å².